The summed E-state index contributed by atoms with van der Waals surface area (Å²) in [6, 6.07) is 7.42. The van der Waals surface area contributed by atoms with Gasteiger partial charge in [0.1, 0.15) is 4.47 Å². The molecule has 5 heteroatoms. The lowest BCUT2D eigenvalue weighted by Crippen LogP contribution is -2.22. The zero-order valence-electron chi connectivity index (χ0n) is 9.15. The Labute approximate surface area is 112 Å². The van der Waals surface area contributed by atoms with Gasteiger partial charge in [0.05, 0.1) is 18.6 Å². The fourth-order valence-electron chi connectivity index (χ4n) is 1.49. The zero-order chi connectivity index (χ0) is 12.4. The van der Waals surface area contributed by atoms with Crippen LogP contribution in [0.25, 0.3) is 0 Å². The molecule has 1 heterocycles. The van der Waals surface area contributed by atoms with Crippen LogP contribution in [0.4, 0.5) is 0 Å². The molecule has 0 bridgehead atoms. The SMILES string of the molecule is Cc1ncn(Cc2cccc(Cl)c2)c(=O)c1Br. The highest BCUT2D eigenvalue weighted by molar-refractivity contribution is 9.10. The minimum atomic E-state index is -0.0857. The van der Waals surface area contributed by atoms with Crippen molar-refractivity contribution >= 4 is 27.5 Å². The van der Waals surface area contributed by atoms with E-state index in [9.17, 15) is 4.79 Å². The molecule has 2 aromatic rings. The molecule has 0 fully saturated rings. The fourth-order valence-corrected chi connectivity index (χ4v) is 2.03. The summed E-state index contributed by atoms with van der Waals surface area (Å²) in [6.45, 7) is 2.25. The second-order valence-electron chi connectivity index (χ2n) is 3.71. The van der Waals surface area contributed by atoms with Crippen LogP contribution in [-0.2, 0) is 6.54 Å². The van der Waals surface area contributed by atoms with E-state index in [1.165, 1.54) is 0 Å². The van der Waals surface area contributed by atoms with E-state index < -0.39 is 0 Å². The molecule has 17 heavy (non-hydrogen) atoms. The number of aromatic nitrogens is 2. The van der Waals surface area contributed by atoms with Crippen molar-refractivity contribution < 1.29 is 0 Å². The molecule has 1 aromatic carbocycles. The number of benzene rings is 1. The van der Waals surface area contributed by atoms with Gasteiger partial charge in [-0.05, 0) is 40.5 Å². The third-order valence-corrected chi connectivity index (χ3v) is 3.55. The second kappa shape index (κ2) is 5.02. The Morgan fingerprint density at radius 1 is 1.47 bits per heavy atom. The highest BCUT2D eigenvalue weighted by atomic mass is 79.9. The summed E-state index contributed by atoms with van der Waals surface area (Å²) in [7, 11) is 0. The van der Waals surface area contributed by atoms with Gasteiger partial charge in [-0.15, -0.1) is 0 Å². The molecule has 0 amide bonds. The first-order valence-corrected chi connectivity index (χ1v) is 6.21. The molecule has 0 atom stereocenters. The Bertz CT molecular complexity index is 610. The third-order valence-electron chi connectivity index (χ3n) is 2.40. The third kappa shape index (κ3) is 2.76. The zero-order valence-corrected chi connectivity index (χ0v) is 11.5. The van der Waals surface area contributed by atoms with Gasteiger partial charge in [0.25, 0.3) is 5.56 Å². The summed E-state index contributed by atoms with van der Waals surface area (Å²) >= 11 is 9.13. The smallest absolute Gasteiger partial charge is 0.268 e. The van der Waals surface area contributed by atoms with Crippen LogP contribution in [0.3, 0.4) is 0 Å². The molecule has 0 aliphatic carbocycles. The van der Waals surface area contributed by atoms with E-state index in [0.717, 1.165) is 5.56 Å². The van der Waals surface area contributed by atoms with Crippen molar-refractivity contribution in [3.05, 3.63) is 61.7 Å². The number of hydrogen-bond donors (Lipinski definition) is 0. The summed E-state index contributed by atoms with van der Waals surface area (Å²) < 4.78 is 2.05. The fraction of sp³-hybridized carbons (Fsp3) is 0.167. The monoisotopic (exact) mass is 312 g/mol. The number of halogens is 2. The van der Waals surface area contributed by atoms with Gasteiger partial charge in [-0.2, -0.15) is 0 Å². The van der Waals surface area contributed by atoms with Crippen LogP contribution in [0, 0.1) is 6.92 Å². The molecule has 0 radical (unpaired) electrons. The van der Waals surface area contributed by atoms with Crippen LogP contribution >= 0.6 is 27.5 Å². The maximum absolute atomic E-state index is 11.9. The molecular weight excluding hydrogens is 304 g/mol. The summed E-state index contributed by atoms with van der Waals surface area (Å²) in [5.41, 5.74) is 1.58. The van der Waals surface area contributed by atoms with Crippen molar-refractivity contribution in [1.82, 2.24) is 9.55 Å². The summed E-state index contributed by atoms with van der Waals surface area (Å²) in [5, 5.41) is 0.662. The molecule has 0 aliphatic heterocycles. The van der Waals surface area contributed by atoms with Gasteiger partial charge < -0.3 is 0 Å². The Morgan fingerprint density at radius 3 is 2.94 bits per heavy atom. The van der Waals surface area contributed by atoms with E-state index in [-0.39, 0.29) is 5.56 Å². The minimum absolute atomic E-state index is 0.0857. The Kier molecular flexibility index (Phi) is 3.64. The molecular formula is C12H10BrClN2O. The van der Waals surface area contributed by atoms with Crippen molar-refractivity contribution in [3.63, 3.8) is 0 Å². The number of aryl methyl sites for hydroxylation is 1. The Morgan fingerprint density at radius 2 is 2.24 bits per heavy atom. The van der Waals surface area contributed by atoms with Crippen molar-refractivity contribution in [3.8, 4) is 0 Å². The molecule has 0 aliphatic rings. The normalized spacial score (nSPS) is 10.5. The number of nitrogens with zero attached hydrogens (tertiary/aromatic N) is 2. The molecule has 0 spiro atoms. The highest BCUT2D eigenvalue weighted by Gasteiger charge is 2.05. The lowest BCUT2D eigenvalue weighted by atomic mass is 10.2. The average molecular weight is 314 g/mol. The van der Waals surface area contributed by atoms with Crippen molar-refractivity contribution in [2.24, 2.45) is 0 Å². The van der Waals surface area contributed by atoms with Crippen LogP contribution in [0.2, 0.25) is 5.02 Å². The topological polar surface area (TPSA) is 34.9 Å². The van der Waals surface area contributed by atoms with Gasteiger partial charge in [-0.3, -0.25) is 9.36 Å². The highest BCUT2D eigenvalue weighted by Crippen LogP contribution is 2.12. The lowest BCUT2D eigenvalue weighted by Gasteiger charge is -2.07. The summed E-state index contributed by atoms with van der Waals surface area (Å²) in [4.78, 5) is 16.1. The van der Waals surface area contributed by atoms with E-state index >= 15 is 0 Å². The molecule has 0 unspecified atom stereocenters. The molecule has 0 N–H and O–H groups in total. The van der Waals surface area contributed by atoms with Crippen LogP contribution in [-0.4, -0.2) is 9.55 Å². The van der Waals surface area contributed by atoms with Crippen LogP contribution in [0.5, 0.6) is 0 Å². The first-order valence-electron chi connectivity index (χ1n) is 5.04. The van der Waals surface area contributed by atoms with E-state index in [2.05, 4.69) is 20.9 Å². The van der Waals surface area contributed by atoms with Gasteiger partial charge in [0.15, 0.2) is 0 Å². The number of hydrogen-bond acceptors (Lipinski definition) is 2. The van der Waals surface area contributed by atoms with Gasteiger partial charge in [0, 0.05) is 5.02 Å². The standard InChI is InChI=1S/C12H10BrClN2O/c1-8-11(13)12(17)16(7-15-8)6-9-3-2-4-10(14)5-9/h2-5,7H,6H2,1H3. The average Bonchev–Trinajstić information content (AvgIpc) is 2.30. The van der Waals surface area contributed by atoms with Crippen LogP contribution in [0.1, 0.15) is 11.3 Å². The van der Waals surface area contributed by atoms with Crippen LogP contribution in [0.15, 0.2) is 39.9 Å². The predicted molar refractivity (Wildman–Crippen MR) is 71.5 cm³/mol. The molecule has 3 nitrogen and oxygen atoms in total. The maximum Gasteiger partial charge on any atom is 0.268 e. The van der Waals surface area contributed by atoms with Crippen LogP contribution < -0.4 is 5.56 Å². The molecule has 2 rings (SSSR count). The van der Waals surface area contributed by atoms with E-state index in [0.29, 0.717) is 21.7 Å². The quantitative estimate of drug-likeness (QED) is 0.854. The molecule has 1 aromatic heterocycles. The molecule has 0 saturated heterocycles. The Hall–Kier alpha value is -1.13. The second-order valence-corrected chi connectivity index (χ2v) is 4.94. The summed E-state index contributed by atoms with van der Waals surface area (Å²) in [6.07, 6.45) is 1.54. The van der Waals surface area contributed by atoms with E-state index in [4.69, 9.17) is 11.6 Å². The van der Waals surface area contributed by atoms with E-state index in [1.54, 1.807) is 23.9 Å². The predicted octanol–water partition coefficient (Wildman–Crippen LogP) is 3.02. The van der Waals surface area contributed by atoms with Crippen molar-refractivity contribution in [2.45, 2.75) is 13.5 Å². The largest absolute Gasteiger partial charge is 0.294 e. The van der Waals surface area contributed by atoms with Gasteiger partial charge in [-0.25, -0.2) is 4.98 Å². The number of rotatable bonds is 2. The molecule has 88 valence electrons. The maximum atomic E-state index is 11.9. The van der Waals surface area contributed by atoms with Crippen molar-refractivity contribution in [1.29, 1.82) is 0 Å². The summed E-state index contributed by atoms with van der Waals surface area (Å²) in [5.74, 6) is 0. The van der Waals surface area contributed by atoms with Gasteiger partial charge in [0.2, 0.25) is 0 Å². The molecule has 0 saturated carbocycles. The first-order chi connectivity index (χ1) is 8.08. The van der Waals surface area contributed by atoms with E-state index in [1.807, 2.05) is 18.2 Å². The first kappa shape index (κ1) is 12.3. The minimum Gasteiger partial charge on any atom is -0.294 e. The van der Waals surface area contributed by atoms with Gasteiger partial charge in [-0.1, -0.05) is 23.7 Å². The van der Waals surface area contributed by atoms with Crippen molar-refractivity contribution in [2.75, 3.05) is 0 Å². The van der Waals surface area contributed by atoms with Gasteiger partial charge >= 0.3 is 0 Å². The lowest BCUT2D eigenvalue weighted by molar-refractivity contribution is 0.724. The Balaban J connectivity index is 2.37.